The van der Waals surface area contributed by atoms with E-state index >= 15 is 0 Å². The van der Waals surface area contributed by atoms with Crippen molar-refractivity contribution in [3.05, 3.63) is 72.8 Å². The van der Waals surface area contributed by atoms with Crippen molar-refractivity contribution in [3.8, 4) is 11.4 Å². The Morgan fingerprint density at radius 1 is 0.524 bits per heavy atom. The molecular formula is C19H14N2+2. The zero-order valence-electron chi connectivity index (χ0n) is 11.5. The Bertz CT molecular complexity index is 935. The molecular weight excluding hydrogens is 256 g/mol. The highest BCUT2D eigenvalue weighted by atomic mass is 15.2. The molecule has 0 aliphatic carbocycles. The smallest absolute Gasteiger partial charge is 0.126 e. The van der Waals surface area contributed by atoms with Gasteiger partial charge in [0.05, 0.1) is 0 Å². The summed E-state index contributed by atoms with van der Waals surface area (Å²) in [5.74, 6) is 0. The maximum atomic E-state index is 2.40. The Morgan fingerprint density at radius 3 is 1.52 bits per heavy atom. The molecule has 98 valence electrons. The van der Waals surface area contributed by atoms with Gasteiger partial charge in [0.25, 0.3) is 11.4 Å². The van der Waals surface area contributed by atoms with E-state index in [-0.39, 0.29) is 0 Å². The van der Waals surface area contributed by atoms with Gasteiger partial charge in [-0.3, -0.25) is 0 Å². The monoisotopic (exact) mass is 270 g/mol. The zero-order valence-corrected chi connectivity index (χ0v) is 11.5. The van der Waals surface area contributed by atoms with Crippen LogP contribution in [-0.4, -0.2) is 0 Å². The van der Waals surface area contributed by atoms with E-state index in [2.05, 4.69) is 81.9 Å². The molecule has 0 spiro atoms. The number of para-hydroxylation sites is 2. The summed E-state index contributed by atoms with van der Waals surface area (Å²) in [5, 5.41) is 2.58. The summed E-state index contributed by atoms with van der Waals surface area (Å²) in [7, 11) is 0. The molecule has 0 saturated carbocycles. The van der Waals surface area contributed by atoms with Crippen LogP contribution in [0.1, 0.15) is 0 Å². The fourth-order valence-electron chi connectivity index (χ4n) is 3.42. The lowest BCUT2D eigenvalue weighted by Gasteiger charge is -1.95. The highest BCUT2D eigenvalue weighted by molar-refractivity contribution is 5.79. The van der Waals surface area contributed by atoms with Gasteiger partial charge in [0.1, 0.15) is 0 Å². The van der Waals surface area contributed by atoms with E-state index in [9.17, 15) is 0 Å². The Labute approximate surface area is 122 Å². The van der Waals surface area contributed by atoms with E-state index in [1.807, 2.05) is 0 Å². The first-order chi connectivity index (χ1) is 10.4. The van der Waals surface area contributed by atoms with Crippen molar-refractivity contribution < 1.29 is 9.13 Å². The molecule has 5 rings (SSSR count). The number of hydrogen-bond donors (Lipinski definition) is 0. The van der Waals surface area contributed by atoms with Crippen LogP contribution < -0.4 is 9.13 Å². The van der Waals surface area contributed by atoms with E-state index < -0.39 is 0 Å². The lowest BCUT2D eigenvalue weighted by molar-refractivity contribution is -0.853. The van der Waals surface area contributed by atoms with Crippen molar-refractivity contribution in [2.45, 2.75) is 6.67 Å². The standard InChI is InChI=1S/C19H14N2/c1-3-7-16-14(5-1)9-11-18-19-12-10-15-6-2-4-8-17(15)21(19)13-20(16)18/h1-12H,13H2/q+2. The summed E-state index contributed by atoms with van der Waals surface area (Å²) in [5.41, 5.74) is 5.17. The minimum Gasteiger partial charge on any atom is -0.126 e. The van der Waals surface area contributed by atoms with Gasteiger partial charge in [-0.2, -0.15) is 0 Å². The van der Waals surface area contributed by atoms with E-state index in [1.54, 1.807) is 0 Å². The predicted molar refractivity (Wildman–Crippen MR) is 82.7 cm³/mol. The van der Waals surface area contributed by atoms with E-state index in [0.717, 1.165) is 6.67 Å². The van der Waals surface area contributed by atoms with Crippen LogP contribution in [0, 0.1) is 0 Å². The van der Waals surface area contributed by atoms with Crippen LogP contribution in [0.15, 0.2) is 72.8 Å². The SMILES string of the molecule is c1ccc2c(c1)ccc1[n+]2C[n+]2c-1ccc1ccccc12. The molecule has 0 unspecified atom stereocenters. The van der Waals surface area contributed by atoms with E-state index in [0.29, 0.717) is 0 Å². The fraction of sp³-hybridized carbons (Fsp3) is 0.0526. The third kappa shape index (κ3) is 1.42. The molecule has 2 aromatic carbocycles. The molecule has 0 amide bonds. The molecule has 1 aliphatic heterocycles. The maximum absolute atomic E-state index is 2.40. The number of pyridine rings is 2. The number of fused-ring (bicyclic) bond motifs is 7. The molecule has 0 fully saturated rings. The quantitative estimate of drug-likeness (QED) is 0.382. The van der Waals surface area contributed by atoms with Gasteiger partial charge in [0, 0.05) is 35.0 Å². The van der Waals surface area contributed by atoms with Crippen molar-refractivity contribution in [2.24, 2.45) is 0 Å². The Hall–Kier alpha value is -2.74. The van der Waals surface area contributed by atoms with Crippen LogP contribution in [0.3, 0.4) is 0 Å². The summed E-state index contributed by atoms with van der Waals surface area (Å²) in [6, 6.07) is 26.1. The van der Waals surface area contributed by atoms with Gasteiger partial charge in [0.2, 0.25) is 11.0 Å². The van der Waals surface area contributed by atoms with Crippen LogP contribution >= 0.6 is 0 Å². The molecule has 1 aliphatic rings. The molecule has 3 heterocycles. The Morgan fingerprint density at radius 2 is 1.00 bits per heavy atom. The Kier molecular flexibility index (Phi) is 2.03. The molecule has 21 heavy (non-hydrogen) atoms. The maximum Gasteiger partial charge on any atom is 0.346 e. The zero-order chi connectivity index (χ0) is 13.8. The van der Waals surface area contributed by atoms with Gasteiger partial charge in [0.15, 0.2) is 0 Å². The molecule has 0 N–H and O–H groups in total. The fourth-order valence-corrected chi connectivity index (χ4v) is 3.42. The molecule has 0 bridgehead atoms. The second kappa shape index (κ2) is 3.89. The summed E-state index contributed by atoms with van der Waals surface area (Å²) < 4.78 is 4.80. The largest absolute Gasteiger partial charge is 0.346 e. The molecule has 0 radical (unpaired) electrons. The highest BCUT2D eigenvalue weighted by Gasteiger charge is 2.36. The molecule has 0 saturated heterocycles. The molecule has 0 atom stereocenters. The number of rotatable bonds is 0. The van der Waals surface area contributed by atoms with Gasteiger partial charge in [-0.25, -0.2) is 0 Å². The summed E-state index contributed by atoms with van der Waals surface area (Å²) in [6.07, 6.45) is 0. The van der Waals surface area contributed by atoms with E-state index in [1.165, 1.54) is 33.2 Å². The first kappa shape index (κ1) is 11.0. The highest BCUT2D eigenvalue weighted by Crippen LogP contribution is 2.22. The van der Waals surface area contributed by atoms with Crippen LogP contribution in [0.4, 0.5) is 0 Å². The molecule has 4 aromatic rings. The van der Waals surface area contributed by atoms with Gasteiger partial charge >= 0.3 is 6.67 Å². The second-order valence-electron chi connectivity index (χ2n) is 5.55. The lowest BCUT2D eigenvalue weighted by Crippen LogP contribution is -2.46. The Balaban J connectivity index is 1.89. The summed E-state index contributed by atoms with van der Waals surface area (Å²) in [4.78, 5) is 0. The lowest BCUT2D eigenvalue weighted by atomic mass is 10.1. The van der Waals surface area contributed by atoms with Crippen molar-refractivity contribution in [1.29, 1.82) is 0 Å². The first-order valence-corrected chi connectivity index (χ1v) is 7.25. The topological polar surface area (TPSA) is 7.76 Å². The normalized spacial score (nSPS) is 12.6. The minimum absolute atomic E-state index is 0.882. The van der Waals surface area contributed by atoms with Crippen molar-refractivity contribution >= 4 is 21.8 Å². The first-order valence-electron chi connectivity index (χ1n) is 7.25. The van der Waals surface area contributed by atoms with Crippen LogP contribution in [-0.2, 0) is 6.67 Å². The predicted octanol–water partition coefficient (Wildman–Crippen LogP) is 3.05. The molecule has 2 heteroatoms. The van der Waals surface area contributed by atoms with E-state index in [4.69, 9.17) is 0 Å². The summed E-state index contributed by atoms with van der Waals surface area (Å²) in [6.45, 7) is 0.882. The number of hydrogen-bond acceptors (Lipinski definition) is 0. The van der Waals surface area contributed by atoms with Gasteiger partial charge in [-0.15, -0.1) is 9.13 Å². The van der Waals surface area contributed by atoms with Gasteiger partial charge in [-0.05, 0) is 24.3 Å². The number of aromatic nitrogens is 2. The van der Waals surface area contributed by atoms with Crippen LogP contribution in [0.2, 0.25) is 0 Å². The van der Waals surface area contributed by atoms with Crippen molar-refractivity contribution in [1.82, 2.24) is 0 Å². The second-order valence-corrected chi connectivity index (χ2v) is 5.55. The van der Waals surface area contributed by atoms with Gasteiger partial charge < -0.3 is 0 Å². The van der Waals surface area contributed by atoms with Crippen LogP contribution in [0.25, 0.3) is 33.2 Å². The average Bonchev–Trinajstić information content (AvgIpc) is 2.94. The number of nitrogens with zero attached hydrogens (tertiary/aromatic N) is 2. The minimum atomic E-state index is 0.882. The van der Waals surface area contributed by atoms with Crippen molar-refractivity contribution in [2.75, 3.05) is 0 Å². The number of benzene rings is 2. The third-order valence-electron chi connectivity index (χ3n) is 4.42. The van der Waals surface area contributed by atoms with Crippen molar-refractivity contribution in [3.63, 3.8) is 0 Å². The third-order valence-corrected chi connectivity index (χ3v) is 4.42. The summed E-state index contributed by atoms with van der Waals surface area (Å²) >= 11 is 0. The average molecular weight is 270 g/mol. The molecule has 2 nitrogen and oxygen atoms in total. The van der Waals surface area contributed by atoms with Gasteiger partial charge in [-0.1, -0.05) is 24.3 Å². The molecule has 2 aromatic heterocycles. The van der Waals surface area contributed by atoms with Crippen LogP contribution in [0.5, 0.6) is 0 Å².